The first-order valence-electron chi connectivity index (χ1n) is 6.61. The van der Waals surface area contributed by atoms with Gasteiger partial charge in [0.05, 0.1) is 12.1 Å². The van der Waals surface area contributed by atoms with Crippen LogP contribution in [0.5, 0.6) is 0 Å². The zero-order valence-electron chi connectivity index (χ0n) is 11.8. The number of hydrazone groups is 1. The molecule has 108 valence electrons. The molecule has 1 amide bonds. The quantitative estimate of drug-likeness (QED) is 0.593. The summed E-state index contributed by atoms with van der Waals surface area (Å²) in [6.07, 6.45) is 0.652. The van der Waals surface area contributed by atoms with Crippen LogP contribution < -0.4 is 5.43 Å². The van der Waals surface area contributed by atoms with Gasteiger partial charge in [-0.3, -0.25) is 9.59 Å². The van der Waals surface area contributed by atoms with E-state index in [1.54, 1.807) is 0 Å². The molecule has 1 aromatic carbocycles. The fourth-order valence-electron chi connectivity index (χ4n) is 1.67. The van der Waals surface area contributed by atoms with Crippen LogP contribution in [-0.2, 0) is 9.59 Å². The van der Waals surface area contributed by atoms with Crippen molar-refractivity contribution in [3.05, 3.63) is 35.9 Å². The van der Waals surface area contributed by atoms with Gasteiger partial charge in [0.25, 0.3) is 0 Å². The van der Waals surface area contributed by atoms with E-state index in [1.807, 2.05) is 44.2 Å². The fourth-order valence-corrected chi connectivity index (χ4v) is 1.67. The van der Waals surface area contributed by atoms with Gasteiger partial charge in [-0.25, -0.2) is 5.43 Å². The van der Waals surface area contributed by atoms with Crippen LogP contribution in [0.25, 0.3) is 0 Å². The molecule has 0 saturated heterocycles. The highest BCUT2D eigenvalue weighted by Crippen LogP contribution is 2.07. The van der Waals surface area contributed by atoms with Crippen LogP contribution >= 0.6 is 0 Å². The van der Waals surface area contributed by atoms with E-state index < -0.39 is 5.97 Å². The minimum atomic E-state index is -0.887. The summed E-state index contributed by atoms with van der Waals surface area (Å²) >= 11 is 0. The third-order valence-corrected chi connectivity index (χ3v) is 2.59. The first-order valence-corrected chi connectivity index (χ1v) is 6.61. The highest BCUT2D eigenvalue weighted by molar-refractivity contribution is 6.02. The van der Waals surface area contributed by atoms with Gasteiger partial charge < -0.3 is 5.11 Å². The topological polar surface area (TPSA) is 78.8 Å². The van der Waals surface area contributed by atoms with Gasteiger partial charge in [0.2, 0.25) is 5.91 Å². The predicted molar refractivity (Wildman–Crippen MR) is 77.4 cm³/mol. The van der Waals surface area contributed by atoms with Crippen LogP contribution in [0.4, 0.5) is 0 Å². The Morgan fingerprint density at radius 3 is 2.40 bits per heavy atom. The molecule has 5 nitrogen and oxygen atoms in total. The summed E-state index contributed by atoms with van der Waals surface area (Å²) in [7, 11) is 0. The molecule has 0 heterocycles. The fraction of sp³-hybridized carbons (Fsp3) is 0.400. The van der Waals surface area contributed by atoms with Crippen LogP contribution in [-0.4, -0.2) is 22.7 Å². The van der Waals surface area contributed by atoms with Gasteiger partial charge >= 0.3 is 5.97 Å². The number of carboxylic acids is 1. The molecule has 0 aliphatic heterocycles. The van der Waals surface area contributed by atoms with Gasteiger partial charge in [0.1, 0.15) is 0 Å². The van der Waals surface area contributed by atoms with Crippen molar-refractivity contribution >= 4 is 17.6 Å². The Morgan fingerprint density at radius 1 is 1.20 bits per heavy atom. The van der Waals surface area contributed by atoms with Crippen LogP contribution in [0.15, 0.2) is 35.4 Å². The number of aliphatic carboxylic acids is 1. The molecular weight excluding hydrogens is 256 g/mol. The van der Waals surface area contributed by atoms with Crippen molar-refractivity contribution in [2.75, 3.05) is 0 Å². The number of carbonyl (C=O) groups is 2. The van der Waals surface area contributed by atoms with E-state index in [2.05, 4.69) is 10.5 Å². The maximum Gasteiger partial charge on any atom is 0.303 e. The standard InChI is InChI=1S/C15H20N2O3/c1-11(2)10-14(18)17-16-13(8-9-15(19)20)12-6-4-3-5-7-12/h3-7,11H,8-10H2,1-2H3,(H,17,18)(H,19,20)/b16-13+. The average molecular weight is 276 g/mol. The lowest BCUT2D eigenvalue weighted by molar-refractivity contribution is -0.136. The van der Waals surface area contributed by atoms with Crippen LogP contribution in [0.1, 0.15) is 38.7 Å². The summed E-state index contributed by atoms with van der Waals surface area (Å²) < 4.78 is 0. The zero-order valence-corrected chi connectivity index (χ0v) is 11.8. The second-order valence-corrected chi connectivity index (χ2v) is 4.95. The Labute approximate surface area is 118 Å². The number of amides is 1. The summed E-state index contributed by atoms with van der Waals surface area (Å²) in [4.78, 5) is 22.3. The molecule has 0 aliphatic rings. The number of carboxylic acid groups (broad SMARTS) is 1. The van der Waals surface area contributed by atoms with E-state index in [0.717, 1.165) is 5.56 Å². The summed E-state index contributed by atoms with van der Waals surface area (Å²) in [5.41, 5.74) is 3.88. The van der Waals surface area contributed by atoms with Gasteiger partial charge in [-0.1, -0.05) is 44.2 Å². The third kappa shape index (κ3) is 6.13. The lowest BCUT2D eigenvalue weighted by Crippen LogP contribution is -2.21. The molecule has 0 unspecified atom stereocenters. The highest BCUT2D eigenvalue weighted by Gasteiger charge is 2.08. The second-order valence-electron chi connectivity index (χ2n) is 4.95. The number of rotatable bonds is 7. The van der Waals surface area contributed by atoms with Crippen molar-refractivity contribution in [2.24, 2.45) is 11.0 Å². The number of nitrogens with one attached hydrogen (secondary N) is 1. The molecule has 5 heteroatoms. The third-order valence-electron chi connectivity index (χ3n) is 2.59. The van der Waals surface area contributed by atoms with Gasteiger partial charge in [-0.2, -0.15) is 5.10 Å². The molecule has 0 atom stereocenters. The van der Waals surface area contributed by atoms with Gasteiger partial charge in [-0.15, -0.1) is 0 Å². The van der Waals surface area contributed by atoms with Gasteiger partial charge in [0.15, 0.2) is 0 Å². The number of hydrogen-bond donors (Lipinski definition) is 2. The number of nitrogens with zero attached hydrogens (tertiary/aromatic N) is 1. The largest absolute Gasteiger partial charge is 0.481 e. The molecule has 1 aromatic rings. The van der Waals surface area contributed by atoms with E-state index in [9.17, 15) is 9.59 Å². The summed E-state index contributed by atoms with van der Waals surface area (Å²) in [6, 6.07) is 9.25. The minimum absolute atomic E-state index is 0.0201. The maximum atomic E-state index is 11.6. The van der Waals surface area contributed by atoms with Gasteiger partial charge in [-0.05, 0) is 11.5 Å². The monoisotopic (exact) mass is 276 g/mol. The molecule has 0 aromatic heterocycles. The van der Waals surface area contributed by atoms with Crippen molar-refractivity contribution < 1.29 is 14.7 Å². The Morgan fingerprint density at radius 2 is 1.85 bits per heavy atom. The van der Waals surface area contributed by atoms with Crippen LogP contribution in [0.3, 0.4) is 0 Å². The van der Waals surface area contributed by atoms with E-state index in [1.165, 1.54) is 0 Å². The Hall–Kier alpha value is -2.17. The Balaban J connectivity index is 2.76. The SMILES string of the molecule is CC(C)CC(=O)N/N=C(\CCC(=O)O)c1ccccc1. The molecule has 1 rings (SSSR count). The van der Waals surface area contributed by atoms with Crippen LogP contribution in [0, 0.1) is 5.92 Å². The first-order chi connectivity index (χ1) is 9.49. The highest BCUT2D eigenvalue weighted by atomic mass is 16.4. The molecule has 0 spiro atoms. The predicted octanol–water partition coefficient (Wildman–Crippen LogP) is 2.42. The van der Waals surface area contributed by atoms with E-state index >= 15 is 0 Å². The second kappa shape index (κ2) is 8.09. The first kappa shape index (κ1) is 15.9. The zero-order chi connectivity index (χ0) is 15.0. The molecule has 0 bridgehead atoms. The van der Waals surface area contributed by atoms with Crippen molar-refractivity contribution in [1.29, 1.82) is 0 Å². The van der Waals surface area contributed by atoms with Crippen LogP contribution in [0.2, 0.25) is 0 Å². The molecule has 0 fully saturated rings. The smallest absolute Gasteiger partial charge is 0.303 e. The number of benzene rings is 1. The Kier molecular flexibility index (Phi) is 6.43. The maximum absolute atomic E-state index is 11.6. The minimum Gasteiger partial charge on any atom is -0.481 e. The molecule has 0 radical (unpaired) electrons. The lowest BCUT2D eigenvalue weighted by atomic mass is 10.1. The molecule has 0 saturated carbocycles. The van der Waals surface area contributed by atoms with Crippen molar-refractivity contribution in [2.45, 2.75) is 33.1 Å². The number of hydrogen-bond acceptors (Lipinski definition) is 3. The van der Waals surface area contributed by atoms with Crippen molar-refractivity contribution in [3.8, 4) is 0 Å². The molecule has 20 heavy (non-hydrogen) atoms. The van der Waals surface area contributed by atoms with Gasteiger partial charge in [0, 0.05) is 12.8 Å². The normalized spacial score (nSPS) is 11.4. The van der Waals surface area contributed by atoms with E-state index in [4.69, 9.17) is 5.11 Å². The van der Waals surface area contributed by atoms with E-state index in [-0.39, 0.29) is 24.7 Å². The molecule has 2 N–H and O–H groups in total. The lowest BCUT2D eigenvalue weighted by Gasteiger charge is -2.07. The van der Waals surface area contributed by atoms with Crippen molar-refractivity contribution in [1.82, 2.24) is 5.43 Å². The summed E-state index contributed by atoms with van der Waals surface area (Å²) in [5, 5.41) is 12.8. The molecular formula is C15H20N2O3. The van der Waals surface area contributed by atoms with Crippen molar-refractivity contribution in [3.63, 3.8) is 0 Å². The molecule has 0 aliphatic carbocycles. The average Bonchev–Trinajstić information content (AvgIpc) is 2.38. The summed E-state index contributed by atoms with van der Waals surface area (Å²) in [6.45, 7) is 3.90. The van der Waals surface area contributed by atoms with E-state index in [0.29, 0.717) is 12.1 Å². The Bertz CT molecular complexity index is 481. The number of carbonyl (C=O) groups excluding carboxylic acids is 1. The summed E-state index contributed by atoms with van der Waals surface area (Å²) in [5.74, 6) is -0.796.